The monoisotopic (exact) mass is 434 g/mol. The molecule has 0 aliphatic carbocycles. The Morgan fingerprint density at radius 3 is 2.07 bits per heavy atom. The van der Waals surface area contributed by atoms with Crippen LogP contribution >= 0.6 is 0 Å². The van der Waals surface area contributed by atoms with Crippen LogP contribution in [0.2, 0.25) is 0 Å². The number of hydrogen-bond acceptors (Lipinski definition) is 4. The molecule has 0 radical (unpaired) electrons. The lowest BCUT2D eigenvalue weighted by Gasteiger charge is -2.11. The molecule has 0 bridgehead atoms. The molecule has 0 aliphatic rings. The van der Waals surface area contributed by atoms with Gasteiger partial charge in [-0.15, -0.1) is 0 Å². The van der Waals surface area contributed by atoms with Crippen molar-refractivity contribution < 1.29 is 22.8 Å². The number of phenolic OH excluding ortho intramolecular Hbond substituents is 1. The van der Waals surface area contributed by atoms with Crippen LogP contribution in [0, 0.1) is 0 Å². The average molecular weight is 435 g/mol. The molecule has 0 saturated carbocycles. The van der Waals surface area contributed by atoms with Crippen LogP contribution in [-0.4, -0.2) is 18.1 Å². The highest BCUT2D eigenvalue weighted by atomic mass is 32.2. The van der Waals surface area contributed by atoms with Gasteiger partial charge in [-0.3, -0.25) is 4.55 Å². The SMILES string of the molecule is CCCCCCCCCCCCc1ccc(Oc2cccc(O)c2)c(S(=O)(=O)O)c1. The van der Waals surface area contributed by atoms with Gasteiger partial charge in [-0.25, -0.2) is 0 Å². The van der Waals surface area contributed by atoms with E-state index in [2.05, 4.69) is 6.92 Å². The Morgan fingerprint density at radius 2 is 1.47 bits per heavy atom. The van der Waals surface area contributed by atoms with Crippen LogP contribution in [0.15, 0.2) is 47.4 Å². The number of phenols is 1. The molecule has 0 amide bonds. The number of rotatable bonds is 14. The second-order valence-electron chi connectivity index (χ2n) is 7.79. The normalized spacial score (nSPS) is 11.5. The van der Waals surface area contributed by atoms with Crippen molar-refractivity contribution in [3.63, 3.8) is 0 Å². The molecule has 0 aliphatic heterocycles. The van der Waals surface area contributed by atoms with E-state index in [1.54, 1.807) is 18.2 Å². The largest absolute Gasteiger partial charge is 0.508 e. The quantitative estimate of drug-likeness (QED) is 0.250. The molecule has 166 valence electrons. The Morgan fingerprint density at radius 1 is 0.833 bits per heavy atom. The minimum atomic E-state index is -4.43. The van der Waals surface area contributed by atoms with Gasteiger partial charge in [0.25, 0.3) is 10.1 Å². The zero-order chi connectivity index (χ0) is 21.8. The van der Waals surface area contributed by atoms with Gasteiger partial charge in [0.1, 0.15) is 22.1 Å². The molecule has 6 heteroatoms. The van der Waals surface area contributed by atoms with Crippen molar-refractivity contribution in [3.8, 4) is 17.2 Å². The number of benzene rings is 2. The summed E-state index contributed by atoms with van der Waals surface area (Å²) in [5.74, 6) is 0.343. The molecule has 2 aromatic carbocycles. The van der Waals surface area contributed by atoms with Crippen LogP contribution in [0.5, 0.6) is 17.2 Å². The van der Waals surface area contributed by atoms with Gasteiger partial charge in [0.15, 0.2) is 0 Å². The molecule has 5 nitrogen and oxygen atoms in total. The Balaban J connectivity index is 1.85. The highest BCUT2D eigenvalue weighted by Gasteiger charge is 2.18. The highest BCUT2D eigenvalue weighted by Crippen LogP contribution is 2.31. The topological polar surface area (TPSA) is 83.8 Å². The van der Waals surface area contributed by atoms with Crippen molar-refractivity contribution in [3.05, 3.63) is 48.0 Å². The maximum absolute atomic E-state index is 11.8. The first-order valence-corrected chi connectivity index (χ1v) is 12.4. The Bertz CT molecular complexity index is 877. The summed E-state index contributed by atoms with van der Waals surface area (Å²) in [6.45, 7) is 2.23. The lowest BCUT2D eigenvalue weighted by atomic mass is 10.0. The van der Waals surface area contributed by atoms with E-state index in [1.165, 1.54) is 69.6 Å². The summed E-state index contributed by atoms with van der Waals surface area (Å²) in [5.41, 5.74) is 0.852. The summed E-state index contributed by atoms with van der Waals surface area (Å²) in [6, 6.07) is 10.9. The zero-order valence-corrected chi connectivity index (χ0v) is 18.7. The predicted octanol–water partition coefficient (Wildman–Crippen LogP) is 6.89. The number of aromatic hydroxyl groups is 1. The maximum atomic E-state index is 11.8. The van der Waals surface area contributed by atoms with Crippen LogP contribution in [0.1, 0.15) is 76.7 Å². The fraction of sp³-hybridized carbons (Fsp3) is 0.500. The second kappa shape index (κ2) is 12.6. The fourth-order valence-corrected chi connectivity index (χ4v) is 4.15. The fourth-order valence-electron chi connectivity index (χ4n) is 3.48. The summed E-state index contributed by atoms with van der Waals surface area (Å²) >= 11 is 0. The van der Waals surface area contributed by atoms with Crippen molar-refractivity contribution in [2.45, 2.75) is 82.4 Å². The molecule has 0 heterocycles. The van der Waals surface area contributed by atoms with E-state index in [0.29, 0.717) is 5.75 Å². The van der Waals surface area contributed by atoms with E-state index in [1.807, 2.05) is 6.07 Å². The first kappa shape index (κ1) is 24.2. The van der Waals surface area contributed by atoms with Crippen molar-refractivity contribution >= 4 is 10.1 Å². The van der Waals surface area contributed by atoms with Gasteiger partial charge in [-0.1, -0.05) is 76.8 Å². The van der Waals surface area contributed by atoms with Crippen LogP contribution < -0.4 is 4.74 Å². The lowest BCUT2D eigenvalue weighted by Crippen LogP contribution is -2.02. The van der Waals surface area contributed by atoms with Gasteiger partial charge < -0.3 is 9.84 Å². The summed E-state index contributed by atoms with van der Waals surface area (Å²) in [5, 5.41) is 9.54. The van der Waals surface area contributed by atoms with Gasteiger partial charge in [0.05, 0.1) is 0 Å². The smallest absolute Gasteiger partial charge is 0.298 e. The summed E-state index contributed by atoms with van der Waals surface area (Å²) in [6.07, 6.45) is 13.2. The Hall–Kier alpha value is -2.05. The van der Waals surface area contributed by atoms with E-state index in [0.717, 1.165) is 24.8 Å². The summed E-state index contributed by atoms with van der Waals surface area (Å²) in [4.78, 5) is -0.254. The van der Waals surface area contributed by atoms with Crippen LogP contribution in [-0.2, 0) is 16.5 Å². The molecule has 2 N–H and O–H groups in total. The van der Waals surface area contributed by atoms with E-state index in [9.17, 15) is 18.1 Å². The number of unbranched alkanes of at least 4 members (excludes halogenated alkanes) is 9. The van der Waals surface area contributed by atoms with Gasteiger partial charge in [0.2, 0.25) is 0 Å². The van der Waals surface area contributed by atoms with Gasteiger partial charge in [-0.2, -0.15) is 8.42 Å². The lowest BCUT2D eigenvalue weighted by molar-refractivity contribution is 0.440. The Labute approximate surface area is 180 Å². The molecule has 2 rings (SSSR count). The van der Waals surface area contributed by atoms with E-state index in [-0.39, 0.29) is 16.4 Å². The van der Waals surface area contributed by atoms with E-state index >= 15 is 0 Å². The standard InChI is InChI=1S/C24H34O5S/c1-2-3-4-5-6-7-8-9-10-11-13-20-16-17-23(24(18-20)30(26,27)28)29-22-15-12-14-21(25)19-22/h12,14-19,25H,2-11,13H2,1H3,(H,26,27,28). The third kappa shape index (κ3) is 8.76. The molecule has 0 fully saturated rings. The van der Waals surface area contributed by atoms with Crippen LogP contribution in [0.4, 0.5) is 0 Å². The number of ether oxygens (including phenoxy) is 1. The van der Waals surface area contributed by atoms with Gasteiger partial charge >= 0.3 is 0 Å². The van der Waals surface area contributed by atoms with Crippen molar-refractivity contribution in [2.24, 2.45) is 0 Å². The molecular weight excluding hydrogens is 400 g/mol. The van der Waals surface area contributed by atoms with Crippen molar-refractivity contribution in [1.29, 1.82) is 0 Å². The molecule has 0 unspecified atom stereocenters. The van der Waals surface area contributed by atoms with Gasteiger partial charge in [-0.05, 0) is 42.7 Å². The number of aryl methyl sites for hydroxylation is 1. The van der Waals surface area contributed by atoms with Crippen molar-refractivity contribution in [1.82, 2.24) is 0 Å². The minimum absolute atomic E-state index is 0.0125. The second-order valence-corrected chi connectivity index (χ2v) is 9.18. The van der Waals surface area contributed by atoms with Gasteiger partial charge in [0, 0.05) is 6.07 Å². The first-order valence-electron chi connectivity index (χ1n) is 11.0. The van der Waals surface area contributed by atoms with E-state index in [4.69, 9.17) is 4.74 Å². The highest BCUT2D eigenvalue weighted by molar-refractivity contribution is 7.86. The molecule has 2 aromatic rings. The van der Waals surface area contributed by atoms with Crippen molar-refractivity contribution in [2.75, 3.05) is 0 Å². The predicted molar refractivity (Wildman–Crippen MR) is 120 cm³/mol. The zero-order valence-electron chi connectivity index (χ0n) is 17.8. The molecule has 0 aromatic heterocycles. The molecule has 0 spiro atoms. The van der Waals surface area contributed by atoms with E-state index < -0.39 is 10.1 Å². The average Bonchev–Trinajstić information content (AvgIpc) is 2.69. The number of hydrogen-bond donors (Lipinski definition) is 2. The third-order valence-corrected chi connectivity index (χ3v) is 6.03. The Kier molecular flexibility index (Phi) is 10.2. The minimum Gasteiger partial charge on any atom is -0.508 e. The molecule has 30 heavy (non-hydrogen) atoms. The third-order valence-electron chi connectivity index (χ3n) is 5.15. The van der Waals surface area contributed by atoms with Crippen LogP contribution in [0.25, 0.3) is 0 Å². The first-order chi connectivity index (χ1) is 14.4. The molecular formula is C24H34O5S. The summed E-state index contributed by atoms with van der Waals surface area (Å²) < 4.78 is 38.9. The summed E-state index contributed by atoms with van der Waals surface area (Å²) in [7, 11) is -4.43. The molecule has 0 atom stereocenters. The molecule has 0 saturated heterocycles. The maximum Gasteiger partial charge on any atom is 0.298 e. The van der Waals surface area contributed by atoms with Crippen LogP contribution in [0.3, 0.4) is 0 Å².